The number of methoxy groups -OCH3 is 1. The molecule has 0 fully saturated rings. The molecule has 17 heavy (non-hydrogen) atoms. The molecule has 0 spiro atoms. The third-order valence-corrected chi connectivity index (χ3v) is 1.94. The minimum atomic E-state index is -0.435. The molecule has 1 rings (SSSR count). The van der Waals surface area contributed by atoms with E-state index in [4.69, 9.17) is 5.73 Å². The van der Waals surface area contributed by atoms with E-state index in [0.717, 1.165) is 0 Å². The smallest absolute Gasteiger partial charge is 0.337 e. The lowest BCUT2D eigenvalue weighted by Gasteiger charge is -2.05. The predicted molar refractivity (Wildman–Crippen MR) is 67.3 cm³/mol. The first-order valence-electron chi connectivity index (χ1n) is 4.85. The zero-order chi connectivity index (χ0) is 12.0. The number of carbonyl (C=O) groups excluding carboxylic acids is 2. The molecular formula is C11H15ClN2O3. The molecular weight excluding hydrogens is 244 g/mol. The van der Waals surface area contributed by atoms with Gasteiger partial charge < -0.3 is 15.8 Å². The van der Waals surface area contributed by atoms with Crippen molar-refractivity contribution in [2.24, 2.45) is 5.73 Å². The molecule has 0 radical (unpaired) electrons. The van der Waals surface area contributed by atoms with Crippen molar-refractivity contribution in [1.82, 2.24) is 0 Å². The van der Waals surface area contributed by atoms with E-state index in [-0.39, 0.29) is 24.7 Å². The summed E-state index contributed by atoms with van der Waals surface area (Å²) in [6.45, 7) is 0.294. The normalized spacial score (nSPS) is 9.06. The maximum atomic E-state index is 11.3. The molecule has 5 nitrogen and oxygen atoms in total. The second-order valence-corrected chi connectivity index (χ2v) is 3.16. The molecule has 0 aliphatic carbocycles. The van der Waals surface area contributed by atoms with Crippen molar-refractivity contribution in [2.45, 2.75) is 6.42 Å². The Morgan fingerprint density at radius 1 is 1.41 bits per heavy atom. The molecule has 0 saturated carbocycles. The van der Waals surface area contributed by atoms with E-state index in [9.17, 15) is 9.59 Å². The highest BCUT2D eigenvalue weighted by molar-refractivity contribution is 5.94. The van der Waals surface area contributed by atoms with E-state index in [0.29, 0.717) is 17.8 Å². The molecule has 1 aromatic carbocycles. The molecule has 0 aromatic heterocycles. The van der Waals surface area contributed by atoms with Crippen LogP contribution in [0.4, 0.5) is 5.69 Å². The summed E-state index contributed by atoms with van der Waals surface area (Å²) in [5.41, 5.74) is 6.20. The van der Waals surface area contributed by atoms with Crippen LogP contribution in [-0.2, 0) is 9.53 Å². The molecule has 0 aliphatic rings. The molecule has 1 aromatic rings. The van der Waals surface area contributed by atoms with Crippen LogP contribution in [0.5, 0.6) is 0 Å². The number of hydrogen-bond donors (Lipinski definition) is 2. The van der Waals surface area contributed by atoms with Gasteiger partial charge in [-0.2, -0.15) is 0 Å². The molecule has 0 bridgehead atoms. The first-order valence-corrected chi connectivity index (χ1v) is 4.85. The van der Waals surface area contributed by atoms with Crippen molar-refractivity contribution in [3.05, 3.63) is 29.8 Å². The maximum Gasteiger partial charge on any atom is 0.337 e. The molecule has 94 valence electrons. The molecule has 0 aliphatic heterocycles. The van der Waals surface area contributed by atoms with Crippen LogP contribution in [0.1, 0.15) is 16.8 Å². The minimum Gasteiger partial charge on any atom is -0.465 e. The molecule has 0 heterocycles. The number of esters is 1. The Morgan fingerprint density at radius 2 is 2.12 bits per heavy atom. The number of rotatable bonds is 4. The van der Waals surface area contributed by atoms with Crippen LogP contribution in [0.2, 0.25) is 0 Å². The Hall–Kier alpha value is -1.59. The van der Waals surface area contributed by atoms with Crippen molar-refractivity contribution in [3.8, 4) is 0 Å². The fourth-order valence-electron chi connectivity index (χ4n) is 1.20. The highest BCUT2D eigenvalue weighted by Gasteiger charge is 2.06. The largest absolute Gasteiger partial charge is 0.465 e. The second-order valence-electron chi connectivity index (χ2n) is 3.16. The molecule has 1 amide bonds. The monoisotopic (exact) mass is 258 g/mol. The Bertz CT molecular complexity index is 396. The molecule has 0 atom stereocenters. The summed E-state index contributed by atoms with van der Waals surface area (Å²) in [6, 6.07) is 6.54. The van der Waals surface area contributed by atoms with Gasteiger partial charge in [-0.25, -0.2) is 4.79 Å². The minimum absolute atomic E-state index is 0. The third-order valence-electron chi connectivity index (χ3n) is 1.94. The second kappa shape index (κ2) is 7.65. The van der Waals surface area contributed by atoms with Gasteiger partial charge in [-0.3, -0.25) is 4.79 Å². The number of nitrogens with one attached hydrogen (secondary N) is 1. The summed E-state index contributed by atoms with van der Waals surface area (Å²) in [5.74, 6) is -0.612. The highest BCUT2D eigenvalue weighted by Crippen LogP contribution is 2.11. The fourth-order valence-corrected chi connectivity index (χ4v) is 1.20. The third kappa shape index (κ3) is 4.84. The van der Waals surface area contributed by atoms with Gasteiger partial charge >= 0.3 is 5.97 Å². The van der Waals surface area contributed by atoms with Crippen LogP contribution >= 0.6 is 12.4 Å². The van der Waals surface area contributed by atoms with Gasteiger partial charge in [0.15, 0.2) is 0 Å². The van der Waals surface area contributed by atoms with Gasteiger partial charge in [0.05, 0.1) is 12.7 Å². The number of ether oxygens (including phenoxy) is 1. The Balaban J connectivity index is 0.00000256. The van der Waals surface area contributed by atoms with E-state index >= 15 is 0 Å². The Labute approximate surface area is 106 Å². The quantitative estimate of drug-likeness (QED) is 0.795. The van der Waals surface area contributed by atoms with Gasteiger partial charge in [-0.15, -0.1) is 12.4 Å². The number of nitrogens with two attached hydrogens (primary N) is 1. The Kier molecular flexibility index (Phi) is 6.93. The van der Waals surface area contributed by atoms with Gasteiger partial charge in [0.25, 0.3) is 0 Å². The van der Waals surface area contributed by atoms with Gasteiger partial charge in [-0.05, 0) is 18.2 Å². The SMILES string of the molecule is COC(=O)c1cccc(NC(=O)CCN)c1.Cl. The van der Waals surface area contributed by atoms with Crippen LogP contribution in [0.3, 0.4) is 0 Å². The standard InChI is InChI=1S/C11H14N2O3.ClH/c1-16-11(15)8-3-2-4-9(7-8)13-10(14)5-6-12;/h2-4,7H,5-6,12H2,1H3,(H,13,14);1H. The van der Waals surface area contributed by atoms with Crippen LogP contribution in [0, 0.1) is 0 Å². The van der Waals surface area contributed by atoms with Crippen molar-refractivity contribution in [3.63, 3.8) is 0 Å². The van der Waals surface area contributed by atoms with Crippen molar-refractivity contribution in [1.29, 1.82) is 0 Å². The summed E-state index contributed by atoms with van der Waals surface area (Å²) in [6.07, 6.45) is 0.252. The summed E-state index contributed by atoms with van der Waals surface area (Å²) in [4.78, 5) is 22.5. The van der Waals surface area contributed by atoms with Gasteiger partial charge in [0, 0.05) is 18.7 Å². The molecule has 0 saturated heterocycles. The molecule has 3 N–H and O–H groups in total. The van der Waals surface area contributed by atoms with E-state index in [2.05, 4.69) is 10.1 Å². The van der Waals surface area contributed by atoms with Crippen LogP contribution in [0.15, 0.2) is 24.3 Å². The molecule has 6 heteroatoms. The summed E-state index contributed by atoms with van der Waals surface area (Å²) in [7, 11) is 1.31. The molecule has 0 unspecified atom stereocenters. The number of benzene rings is 1. The summed E-state index contributed by atoms with van der Waals surface area (Å²) < 4.78 is 4.57. The van der Waals surface area contributed by atoms with E-state index in [1.165, 1.54) is 7.11 Å². The maximum absolute atomic E-state index is 11.3. The van der Waals surface area contributed by atoms with Crippen LogP contribution in [0.25, 0.3) is 0 Å². The zero-order valence-electron chi connectivity index (χ0n) is 9.43. The topological polar surface area (TPSA) is 81.4 Å². The van der Waals surface area contributed by atoms with Gasteiger partial charge in [-0.1, -0.05) is 6.07 Å². The first-order chi connectivity index (χ1) is 7.67. The number of carbonyl (C=O) groups is 2. The number of hydrogen-bond acceptors (Lipinski definition) is 4. The van der Waals surface area contributed by atoms with E-state index in [1.54, 1.807) is 24.3 Å². The average molecular weight is 259 g/mol. The number of anilines is 1. The number of halogens is 1. The lowest BCUT2D eigenvalue weighted by molar-refractivity contribution is -0.116. The lowest BCUT2D eigenvalue weighted by atomic mass is 10.2. The zero-order valence-corrected chi connectivity index (χ0v) is 10.3. The fraction of sp³-hybridized carbons (Fsp3) is 0.273. The summed E-state index contributed by atoms with van der Waals surface area (Å²) >= 11 is 0. The van der Waals surface area contributed by atoms with E-state index < -0.39 is 5.97 Å². The predicted octanol–water partition coefficient (Wildman–Crippen LogP) is 1.18. The lowest BCUT2D eigenvalue weighted by Crippen LogP contribution is -2.16. The summed E-state index contributed by atoms with van der Waals surface area (Å²) in [5, 5.41) is 2.64. The Morgan fingerprint density at radius 3 is 2.71 bits per heavy atom. The van der Waals surface area contributed by atoms with Gasteiger partial charge in [0.1, 0.15) is 0 Å². The van der Waals surface area contributed by atoms with Crippen LogP contribution < -0.4 is 11.1 Å². The number of amides is 1. The van der Waals surface area contributed by atoms with Crippen molar-refractivity contribution in [2.75, 3.05) is 19.0 Å². The van der Waals surface area contributed by atoms with E-state index in [1.807, 2.05) is 0 Å². The highest BCUT2D eigenvalue weighted by atomic mass is 35.5. The first kappa shape index (κ1) is 15.4. The van der Waals surface area contributed by atoms with Gasteiger partial charge in [0.2, 0.25) is 5.91 Å². The van der Waals surface area contributed by atoms with Crippen LogP contribution in [-0.4, -0.2) is 25.5 Å². The van der Waals surface area contributed by atoms with Crippen molar-refractivity contribution < 1.29 is 14.3 Å². The average Bonchev–Trinajstić information content (AvgIpc) is 2.28. The van der Waals surface area contributed by atoms with Crippen molar-refractivity contribution >= 4 is 30.0 Å².